The standard InChI is InChI=1S/C20H39N7O2.HI/c1-3-5-14-28-15-6-7-21-20(22-8-10-26-12-16-29-17-13-26)23-9-11-27-18-24-25-19(27)4-2;/h18H,3-17H2,1-2H3,(H2,21,22,23);1H. The molecule has 30 heavy (non-hydrogen) atoms. The Morgan fingerprint density at radius 2 is 1.87 bits per heavy atom. The number of ether oxygens (including phenoxy) is 2. The van der Waals surface area contributed by atoms with E-state index < -0.39 is 0 Å². The van der Waals surface area contributed by atoms with Crippen molar-refractivity contribution in [3.05, 3.63) is 12.2 Å². The van der Waals surface area contributed by atoms with Crippen molar-refractivity contribution < 1.29 is 9.47 Å². The summed E-state index contributed by atoms with van der Waals surface area (Å²) in [5, 5.41) is 15.0. The monoisotopic (exact) mass is 537 g/mol. The Kier molecular flexibility index (Phi) is 15.9. The predicted molar refractivity (Wildman–Crippen MR) is 131 cm³/mol. The first kappa shape index (κ1) is 27.1. The predicted octanol–water partition coefficient (Wildman–Crippen LogP) is 1.53. The number of guanidine groups is 1. The molecule has 0 unspecified atom stereocenters. The second-order valence-corrected chi connectivity index (χ2v) is 7.15. The lowest BCUT2D eigenvalue weighted by Gasteiger charge is -2.26. The van der Waals surface area contributed by atoms with Gasteiger partial charge in [-0.1, -0.05) is 20.3 Å². The van der Waals surface area contributed by atoms with E-state index in [1.54, 1.807) is 6.33 Å². The zero-order chi connectivity index (χ0) is 20.6. The molecular formula is C20H40IN7O2. The van der Waals surface area contributed by atoms with Gasteiger partial charge in [-0.2, -0.15) is 0 Å². The number of aromatic nitrogens is 3. The van der Waals surface area contributed by atoms with Crippen LogP contribution in [0.2, 0.25) is 0 Å². The number of aliphatic imine (C=N–C) groups is 1. The molecule has 0 spiro atoms. The number of nitrogens with zero attached hydrogens (tertiary/aromatic N) is 5. The molecule has 0 radical (unpaired) electrons. The van der Waals surface area contributed by atoms with Gasteiger partial charge in [0.1, 0.15) is 12.2 Å². The Morgan fingerprint density at radius 1 is 1.13 bits per heavy atom. The van der Waals surface area contributed by atoms with Gasteiger partial charge in [0.25, 0.3) is 0 Å². The molecule has 0 aliphatic carbocycles. The summed E-state index contributed by atoms with van der Waals surface area (Å²) in [7, 11) is 0. The zero-order valence-electron chi connectivity index (χ0n) is 18.6. The fourth-order valence-electron chi connectivity index (χ4n) is 3.07. The molecule has 1 aromatic rings. The lowest BCUT2D eigenvalue weighted by Crippen LogP contribution is -2.45. The molecule has 1 aliphatic heterocycles. The van der Waals surface area contributed by atoms with E-state index in [0.717, 1.165) is 103 Å². The number of halogens is 1. The molecule has 2 N–H and O–H groups in total. The van der Waals surface area contributed by atoms with Crippen LogP contribution in [0.1, 0.15) is 38.9 Å². The van der Waals surface area contributed by atoms with E-state index >= 15 is 0 Å². The van der Waals surface area contributed by atoms with E-state index in [0.29, 0.717) is 0 Å². The maximum atomic E-state index is 5.63. The Labute approximate surface area is 198 Å². The van der Waals surface area contributed by atoms with E-state index in [4.69, 9.17) is 14.5 Å². The lowest BCUT2D eigenvalue weighted by atomic mass is 10.4. The van der Waals surface area contributed by atoms with Crippen LogP contribution in [-0.2, 0) is 22.4 Å². The summed E-state index contributed by atoms with van der Waals surface area (Å²) in [6.07, 6.45) is 5.91. The number of rotatable bonds is 14. The van der Waals surface area contributed by atoms with Crippen molar-refractivity contribution in [2.24, 2.45) is 4.99 Å². The SMILES string of the molecule is CCCCOCCCN=C(NCCN1CCOCC1)NCCn1cnnc1CC.I. The Bertz CT molecular complexity index is 565. The minimum atomic E-state index is 0. The van der Waals surface area contributed by atoms with Crippen molar-refractivity contribution in [2.45, 2.75) is 46.1 Å². The molecule has 1 aromatic heterocycles. The highest BCUT2D eigenvalue weighted by Gasteiger charge is 2.10. The van der Waals surface area contributed by atoms with Gasteiger partial charge in [-0.05, 0) is 12.8 Å². The number of aryl methyl sites for hydroxylation is 1. The van der Waals surface area contributed by atoms with E-state index in [-0.39, 0.29) is 24.0 Å². The molecule has 1 aliphatic rings. The molecule has 0 amide bonds. The summed E-state index contributed by atoms with van der Waals surface area (Å²) in [6.45, 7) is 13.8. The van der Waals surface area contributed by atoms with Crippen LogP contribution >= 0.6 is 24.0 Å². The molecule has 0 aromatic carbocycles. The largest absolute Gasteiger partial charge is 0.381 e. The summed E-state index contributed by atoms with van der Waals surface area (Å²) < 4.78 is 13.1. The van der Waals surface area contributed by atoms with Gasteiger partial charge in [0.05, 0.1) is 13.2 Å². The zero-order valence-corrected chi connectivity index (χ0v) is 21.0. The number of nitrogens with one attached hydrogen (secondary N) is 2. The second-order valence-electron chi connectivity index (χ2n) is 7.15. The van der Waals surface area contributed by atoms with Gasteiger partial charge in [-0.3, -0.25) is 9.89 Å². The van der Waals surface area contributed by atoms with Crippen molar-refractivity contribution in [2.75, 3.05) is 65.7 Å². The molecule has 2 heterocycles. The summed E-state index contributed by atoms with van der Waals surface area (Å²) in [5.41, 5.74) is 0. The van der Waals surface area contributed by atoms with Crippen LogP contribution in [0.3, 0.4) is 0 Å². The molecule has 0 bridgehead atoms. The Hall–Kier alpha value is -0.980. The minimum absolute atomic E-state index is 0. The molecule has 2 rings (SSSR count). The van der Waals surface area contributed by atoms with Crippen molar-refractivity contribution in [3.8, 4) is 0 Å². The third-order valence-corrected chi connectivity index (χ3v) is 4.84. The molecular weight excluding hydrogens is 497 g/mol. The quantitative estimate of drug-likeness (QED) is 0.161. The molecule has 1 saturated heterocycles. The first-order valence-corrected chi connectivity index (χ1v) is 11.1. The highest BCUT2D eigenvalue weighted by Crippen LogP contribution is 1.96. The number of hydrogen-bond donors (Lipinski definition) is 2. The van der Waals surface area contributed by atoms with Gasteiger partial charge in [0.2, 0.25) is 0 Å². The Balaban J connectivity index is 0.00000450. The third-order valence-electron chi connectivity index (χ3n) is 4.84. The summed E-state index contributed by atoms with van der Waals surface area (Å²) in [4.78, 5) is 7.13. The highest BCUT2D eigenvalue weighted by molar-refractivity contribution is 14.0. The number of hydrogen-bond acceptors (Lipinski definition) is 6. The van der Waals surface area contributed by atoms with Crippen LogP contribution in [-0.4, -0.2) is 91.3 Å². The molecule has 0 saturated carbocycles. The first-order valence-electron chi connectivity index (χ1n) is 11.1. The lowest BCUT2D eigenvalue weighted by molar-refractivity contribution is 0.0389. The fourth-order valence-corrected chi connectivity index (χ4v) is 3.07. The van der Waals surface area contributed by atoms with Gasteiger partial charge in [0.15, 0.2) is 5.96 Å². The van der Waals surface area contributed by atoms with Crippen molar-refractivity contribution in [1.82, 2.24) is 30.3 Å². The topological polar surface area (TPSA) is 88.8 Å². The van der Waals surface area contributed by atoms with Gasteiger partial charge < -0.3 is 24.7 Å². The van der Waals surface area contributed by atoms with Crippen LogP contribution in [0.4, 0.5) is 0 Å². The summed E-state index contributed by atoms with van der Waals surface area (Å²) >= 11 is 0. The number of unbranched alkanes of at least 4 members (excludes halogenated alkanes) is 1. The maximum absolute atomic E-state index is 5.63. The van der Waals surface area contributed by atoms with Crippen LogP contribution in [0.15, 0.2) is 11.3 Å². The van der Waals surface area contributed by atoms with Crippen molar-refractivity contribution >= 4 is 29.9 Å². The summed E-state index contributed by atoms with van der Waals surface area (Å²) in [5.74, 6) is 1.87. The minimum Gasteiger partial charge on any atom is -0.381 e. The molecule has 1 fully saturated rings. The molecule has 0 atom stereocenters. The van der Waals surface area contributed by atoms with Gasteiger partial charge in [0, 0.05) is 65.4 Å². The Morgan fingerprint density at radius 3 is 2.60 bits per heavy atom. The van der Waals surface area contributed by atoms with Gasteiger partial charge >= 0.3 is 0 Å². The maximum Gasteiger partial charge on any atom is 0.191 e. The average molecular weight is 537 g/mol. The van der Waals surface area contributed by atoms with E-state index in [2.05, 4.69) is 44.1 Å². The van der Waals surface area contributed by atoms with Crippen LogP contribution in [0.25, 0.3) is 0 Å². The highest BCUT2D eigenvalue weighted by atomic mass is 127. The fraction of sp³-hybridized carbons (Fsp3) is 0.850. The molecule has 10 heteroatoms. The molecule has 174 valence electrons. The van der Waals surface area contributed by atoms with E-state index in [1.807, 2.05) is 0 Å². The van der Waals surface area contributed by atoms with Crippen molar-refractivity contribution in [3.63, 3.8) is 0 Å². The van der Waals surface area contributed by atoms with E-state index in [1.165, 1.54) is 6.42 Å². The second kappa shape index (κ2) is 17.7. The first-order chi connectivity index (χ1) is 14.3. The van der Waals surface area contributed by atoms with Crippen LogP contribution in [0.5, 0.6) is 0 Å². The third kappa shape index (κ3) is 11.4. The van der Waals surface area contributed by atoms with E-state index in [9.17, 15) is 0 Å². The number of morpholine rings is 1. The average Bonchev–Trinajstić information content (AvgIpc) is 3.21. The smallest absolute Gasteiger partial charge is 0.191 e. The van der Waals surface area contributed by atoms with Gasteiger partial charge in [-0.25, -0.2) is 0 Å². The van der Waals surface area contributed by atoms with Crippen molar-refractivity contribution in [1.29, 1.82) is 0 Å². The molecule has 9 nitrogen and oxygen atoms in total. The van der Waals surface area contributed by atoms with Gasteiger partial charge in [-0.15, -0.1) is 34.2 Å². The van der Waals surface area contributed by atoms with Crippen LogP contribution < -0.4 is 10.6 Å². The normalized spacial score (nSPS) is 15.1. The van der Waals surface area contributed by atoms with Crippen LogP contribution in [0, 0.1) is 0 Å². The summed E-state index contributed by atoms with van der Waals surface area (Å²) in [6, 6.07) is 0.